The molecule has 1 aliphatic carbocycles. The Hall–Kier alpha value is -0.940. The van der Waals surface area contributed by atoms with Crippen LogP contribution in [0.3, 0.4) is 0 Å². The molecule has 1 saturated carbocycles. The van der Waals surface area contributed by atoms with Crippen LogP contribution in [0.5, 0.6) is 0 Å². The minimum atomic E-state index is -0.0334. The van der Waals surface area contributed by atoms with E-state index in [1.165, 1.54) is 32.1 Å². The van der Waals surface area contributed by atoms with Crippen molar-refractivity contribution in [3.8, 4) is 0 Å². The molecule has 0 radical (unpaired) electrons. The molecule has 1 unspecified atom stereocenters. The van der Waals surface area contributed by atoms with Gasteiger partial charge in [0, 0.05) is 6.61 Å². The quantitative estimate of drug-likeness (QED) is 0.871. The average Bonchev–Trinajstić information content (AvgIpc) is 2.88. The molecule has 2 aliphatic rings. The maximum Gasteiger partial charge on any atom is 0.108 e. The second-order valence-electron chi connectivity index (χ2n) is 5.59. The van der Waals surface area contributed by atoms with Crippen LogP contribution in [0.2, 0.25) is 0 Å². The molecule has 5 nitrogen and oxygen atoms in total. The predicted octanol–water partition coefficient (Wildman–Crippen LogP) is 1.82. The van der Waals surface area contributed by atoms with Crippen LogP contribution in [0, 0.1) is 0 Å². The predicted molar refractivity (Wildman–Crippen MR) is 66.0 cm³/mol. The highest BCUT2D eigenvalue weighted by Crippen LogP contribution is 2.41. The monoisotopic (exact) mass is 251 g/mol. The molecule has 100 valence electrons. The van der Waals surface area contributed by atoms with Gasteiger partial charge in [-0.05, 0) is 25.7 Å². The van der Waals surface area contributed by atoms with Crippen molar-refractivity contribution in [2.24, 2.45) is 0 Å². The number of hydrogen-bond donors (Lipinski definition) is 1. The molecule has 18 heavy (non-hydrogen) atoms. The average molecular weight is 251 g/mol. The zero-order chi connectivity index (χ0) is 12.4. The van der Waals surface area contributed by atoms with Crippen molar-refractivity contribution in [3.05, 3.63) is 11.9 Å². The van der Waals surface area contributed by atoms with E-state index in [4.69, 9.17) is 9.84 Å². The first-order valence-electron chi connectivity index (χ1n) is 6.97. The van der Waals surface area contributed by atoms with Crippen LogP contribution in [-0.4, -0.2) is 32.3 Å². The van der Waals surface area contributed by atoms with E-state index in [1.807, 2.05) is 10.9 Å². The number of aromatic nitrogens is 3. The van der Waals surface area contributed by atoms with Gasteiger partial charge in [0.15, 0.2) is 0 Å². The third-order valence-corrected chi connectivity index (χ3v) is 4.33. The molecule has 1 aromatic rings. The first-order chi connectivity index (χ1) is 8.81. The van der Waals surface area contributed by atoms with Gasteiger partial charge in [-0.25, -0.2) is 4.68 Å². The van der Waals surface area contributed by atoms with Gasteiger partial charge in [-0.1, -0.05) is 24.5 Å². The molecule has 1 saturated heterocycles. The lowest BCUT2D eigenvalue weighted by molar-refractivity contribution is -0.115. The fourth-order valence-corrected chi connectivity index (χ4v) is 3.34. The molecule has 0 amide bonds. The van der Waals surface area contributed by atoms with Gasteiger partial charge in [-0.15, -0.1) is 5.10 Å². The van der Waals surface area contributed by atoms with E-state index >= 15 is 0 Å². The summed E-state index contributed by atoms with van der Waals surface area (Å²) in [5, 5.41) is 17.2. The SMILES string of the molecule is OCc1cn(C2CCOC3(CCCCC3)C2)nn1. The lowest BCUT2D eigenvalue weighted by atomic mass is 9.78. The Balaban J connectivity index is 1.73. The van der Waals surface area contributed by atoms with Gasteiger partial charge in [0.05, 0.1) is 24.4 Å². The summed E-state index contributed by atoms with van der Waals surface area (Å²) in [6.45, 7) is 0.785. The van der Waals surface area contributed by atoms with Crippen LogP contribution in [-0.2, 0) is 11.3 Å². The van der Waals surface area contributed by atoms with E-state index < -0.39 is 0 Å². The molecule has 2 heterocycles. The van der Waals surface area contributed by atoms with E-state index in [0.717, 1.165) is 19.4 Å². The molecule has 0 aromatic carbocycles. The number of aliphatic hydroxyl groups is 1. The summed E-state index contributed by atoms with van der Waals surface area (Å²) in [6.07, 6.45) is 10.2. The van der Waals surface area contributed by atoms with Crippen LogP contribution >= 0.6 is 0 Å². The van der Waals surface area contributed by atoms with Crippen molar-refractivity contribution >= 4 is 0 Å². The first-order valence-corrected chi connectivity index (χ1v) is 6.97. The molecule has 1 aromatic heterocycles. The summed E-state index contributed by atoms with van der Waals surface area (Å²) < 4.78 is 8.00. The molecule has 5 heteroatoms. The largest absolute Gasteiger partial charge is 0.390 e. The molecule has 1 aliphatic heterocycles. The number of rotatable bonds is 2. The normalized spacial score (nSPS) is 27.5. The van der Waals surface area contributed by atoms with Gasteiger partial charge in [0.2, 0.25) is 0 Å². The fraction of sp³-hybridized carbons (Fsp3) is 0.846. The molecule has 3 rings (SSSR count). The lowest BCUT2D eigenvalue weighted by Crippen LogP contribution is -2.42. The van der Waals surface area contributed by atoms with Crippen LogP contribution in [0.25, 0.3) is 0 Å². The Morgan fingerprint density at radius 2 is 2.22 bits per heavy atom. The standard InChI is InChI=1S/C13H21N3O2/c17-10-11-9-16(15-14-11)12-4-7-18-13(8-12)5-2-1-3-6-13/h9,12,17H,1-8,10H2. The van der Waals surface area contributed by atoms with Crippen LogP contribution in [0.1, 0.15) is 56.7 Å². The molecule has 1 spiro atoms. The van der Waals surface area contributed by atoms with E-state index in [2.05, 4.69) is 10.3 Å². The highest BCUT2D eigenvalue weighted by molar-refractivity contribution is 4.95. The fourth-order valence-electron chi connectivity index (χ4n) is 3.34. The smallest absolute Gasteiger partial charge is 0.108 e. The Morgan fingerprint density at radius 1 is 1.39 bits per heavy atom. The molecular formula is C13H21N3O2. The Labute approximate surface area is 107 Å². The van der Waals surface area contributed by atoms with Crippen LogP contribution in [0.15, 0.2) is 6.20 Å². The highest BCUT2D eigenvalue weighted by Gasteiger charge is 2.39. The van der Waals surface area contributed by atoms with Crippen molar-refractivity contribution in [1.29, 1.82) is 0 Å². The summed E-state index contributed by atoms with van der Waals surface area (Å²) >= 11 is 0. The van der Waals surface area contributed by atoms with Crippen LogP contribution < -0.4 is 0 Å². The molecule has 1 atom stereocenters. The lowest BCUT2D eigenvalue weighted by Gasteiger charge is -2.43. The molecule has 0 bridgehead atoms. The van der Waals surface area contributed by atoms with Gasteiger partial charge < -0.3 is 9.84 Å². The highest BCUT2D eigenvalue weighted by atomic mass is 16.5. The van der Waals surface area contributed by atoms with E-state index in [0.29, 0.717) is 11.7 Å². The number of ether oxygens (including phenoxy) is 1. The summed E-state index contributed by atoms with van der Waals surface area (Å²) in [5.41, 5.74) is 0.742. The maximum absolute atomic E-state index is 9.05. The minimum Gasteiger partial charge on any atom is -0.390 e. The van der Waals surface area contributed by atoms with Gasteiger partial charge in [-0.2, -0.15) is 0 Å². The van der Waals surface area contributed by atoms with E-state index in [-0.39, 0.29) is 12.2 Å². The van der Waals surface area contributed by atoms with Crippen molar-refractivity contribution in [2.45, 2.75) is 63.2 Å². The Morgan fingerprint density at radius 3 is 2.94 bits per heavy atom. The van der Waals surface area contributed by atoms with E-state index in [1.54, 1.807) is 0 Å². The van der Waals surface area contributed by atoms with Gasteiger partial charge >= 0.3 is 0 Å². The number of nitrogens with zero attached hydrogens (tertiary/aromatic N) is 3. The molecular weight excluding hydrogens is 230 g/mol. The summed E-state index contributed by atoms with van der Waals surface area (Å²) in [5.74, 6) is 0. The van der Waals surface area contributed by atoms with Crippen molar-refractivity contribution in [2.75, 3.05) is 6.61 Å². The van der Waals surface area contributed by atoms with Crippen molar-refractivity contribution in [1.82, 2.24) is 15.0 Å². The summed E-state index contributed by atoms with van der Waals surface area (Å²) in [4.78, 5) is 0. The second kappa shape index (κ2) is 4.97. The van der Waals surface area contributed by atoms with Gasteiger partial charge in [0.1, 0.15) is 5.69 Å². The third kappa shape index (κ3) is 2.29. The van der Waals surface area contributed by atoms with Crippen LogP contribution in [0.4, 0.5) is 0 Å². The van der Waals surface area contributed by atoms with Crippen molar-refractivity contribution < 1.29 is 9.84 Å². The summed E-state index contributed by atoms with van der Waals surface area (Å²) in [7, 11) is 0. The zero-order valence-corrected chi connectivity index (χ0v) is 10.7. The third-order valence-electron chi connectivity index (χ3n) is 4.33. The Kier molecular flexibility index (Phi) is 3.35. The minimum absolute atomic E-state index is 0.0334. The molecule has 1 N–H and O–H groups in total. The van der Waals surface area contributed by atoms with Crippen molar-refractivity contribution in [3.63, 3.8) is 0 Å². The second-order valence-corrected chi connectivity index (χ2v) is 5.59. The van der Waals surface area contributed by atoms with E-state index in [9.17, 15) is 0 Å². The Bertz CT molecular complexity index is 393. The topological polar surface area (TPSA) is 60.2 Å². The summed E-state index contributed by atoms with van der Waals surface area (Å²) in [6, 6.07) is 0.379. The number of hydrogen-bond acceptors (Lipinski definition) is 4. The first kappa shape index (κ1) is 12.1. The van der Waals surface area contributed by atoms with Gasteiger partial charge in [-0.3, -0.25) is 0 Å². The number of aliphatic hydroxyl groups excluding tert-OH is 1. The van der Waals surface area contributed by atoms with Gasteiger partial charge in [0.25, 0.3) is 0 Å². The zero-order valence-electron chi connectivity index (χ0n) is 10.7. The molecule has 2 fully saturated rings. The maximum atomic E-state index is 9.05.